The second-order valence-electron chi connectivity index (χ2n) is 2.92. The quantitative estimate of drug-likeness (QED) is 0.729. The SMILES string of the molecule is CCOc1cccc(C2=N[C-]=CS2=O)c1. The van der Waals surface area contributed by atoms with Gasteiger partial charge in [-0.1, -0.05) is 23.1 Å². The van der Waals surface area contributed by atoms with E-state index in [0.29, 0.717) is 11.7 Å². The Labute approximate surface area is 90.9 Å². The molecule has 78 valence electrons. The molecule has 1 aliphatic heterocycles. The molecule has 0 spiro atoms. The minimum absolute atomic E-state index is 0.538. The number of aliphatic imine (C=N–C) groups is 1. The van der Waals surface area contributed by atoms with Crippen LogP contribution in [0.4, 0.5) is 0 Å². The van der Waals surface area contributed by atoms with E-state index < -0.39 is 10.8 Å². The number of rotatable bonds is 3. The minimum atomic E-state index is -1.17. The lowest BCUT2D eigenvalue weighted by molar-refractivity contribution is 0.340. The third kappa shape index (κ3) is 2.15. The van der Waals surface area contributed by atoms with Gasteiger partial charge in [-0.3, -0.25) is 4.21 Å². The Kier molecular flexibility index (Phi) is 2.97. The summed E-state index contributed by atoms with van der Waals surface area (Å²) < 4.78 is 16.8. The standard InChI is InChI=1S/C11H10NO2S/c1-2-14-10-5-3-4-9(8-10)11-12-6-7-15(11)13/h3-5,7-8H,2H2,1H3/q-1. The summed E-state index contributed by atoms with van der Waals surface area (Å²) in [5.41, 5.74) is 0.820. The van der Waals surface area contributed by atoms with Crippen LogP contribution >= 0.6 is 0 Å². The first-order valence-electron chi connectivity index (χ1n) is 4.61. The van der Waals surface area contributed by atoms with Gasteiger partial charge in [0, 0.05) is 0 Å². The molecule has 0 aromatic heterocycles. The smallest absolute Gasteiger partial charge is 0.118 e. The molecule has 4 heteroatoms. The van der Waals surface area contributed by atoms with Crippen LogP contribution in [0.3, 0.4) is 0 Å². The molecule has 0 amide bonds. The van der Waals surface area contributed by atoms with E-state index in [0.717, 1.165) is 11.3 Å². The Hall–Kier alpha value is -1.42. The van der Waals surface area contributed by atoms with Crippen molar-refractivity contribution in [2.24, 2.45) is 4.99 Å². The highest BCUT2D eigenvalue weighted by molar-refractivity contribution is 8.04. The summed E-state index contributed by atoms with van der Waals surface area (Å²) in [6, 6.07) is 7.42. The number of hydrogen-bond donors (Lipinski definition) is 0. The lowest BCUT2D eigenvalue weighted by Crippen LogP contribution is -2.03. The van der Waals surface area contributed by atoms with Gasteiger partial charge >= 0.3 is 0 Å². The highest BCUT2D eigenvalue weighted by Gasteiger charge is 2.03. The molecule has 0 saturated carbocycles. The lowest BCUT2D eigenvalue weighted by Gasteiger charge is -2.10. The maximum atomic E-state index is 11.5. The predicted molar refractivity (Wildman–Crippen MR) is 60.1 cm³/mol. The van der Waals surface area contributed by atoms with Crippen LogP contribution in [-0.2, 0) is 10.8 Å². The number of hydrogen-bond acceptors (Lipinski definition) is 3. The van der Waals surface area contributed by atoms with Gasteiger partial charge in [-0.05, 0) is 34.9 Å². The summed E-state index contributed by atoms with van der Waals surface area (Å²) in [4.78, 5) is 3.94. The van der Waals surface area contributed by atoms with Gasteiger partial charge in [-0.2, -0.15) is 0 Å². The fraction of sp³-hybridized carbons (Fsp3) is 0.182. The van der Waals surface area contributed by atoms with E-state index in [9.17, 15) is 4.21 Å². The van der Waals surface area contributed by atoms with Crippen LogP contribution in [-0.4, -0.2) is 15.9 Å². The molecule has 1 heterocycles. The van der Waals surface area contributed by atoms with Gasteiger partial charge < -0.3 is 9.73 Å². The van der Waals surface area contributed by atoms with Crippen molar-refractivity contribution in [1.29, 1.82) is 0 Å². The zero-order chi connectivity index (χ0) is 10.7. The van der Waals surface area contributed by atoms with Gasteiger partial charge in [-0.25, -0.2) is 0 Å². The summed E-state index contributed by atoms with van der Waals surface area (Å²) in [5.74, 6) is 0.765. The molecule has 0 aliphatic carbocycles. The van der Waals surface area contributed by atoms with Crippen molar-refractivity contribution in [3.05, 3.63) is 41.4 Å². The van der Waals surface area contributed by atoms with Crippen molar-refractivity contribution in [2.75, 3.05) is 6.61 Å². The number of nitrogens with zero attached hydrogens (tertiary/aromatic N) is 1. The summed E-state index contributed by atoms with van der Waals surface area (Å²) in [5, 5.41) is 1.99. The van der Waals surface area contributed by atoms with Crippen molar-refractivity contribution >= 4 is 15.8 Å². The number of ether oxygens (including phenoxy) is 1. The maximum absolute atomic E-state index is 11.5. The van der Waals surface area contributed by atoms with E-state index in [4.69, 9.17) is 4.74 Å². The summed E-state index contributed by atoms with van der Waals surface area (Å²) >= 11 is 0. The van der Waals surface area contributed by atoms with Crippen LogP contribution in [0, 0.1) is 6.20 Å². The van der Waals surface area contributed by atoms with Gasteiger partial charge in [0.2, 0.25) is 0 Å². The van der Waals surface area contributed by atoms with Gasteiger partial charge in [0.25, 0.3) is 0 Å². The highest BCUT2D eigenvalue weighted by Crippen LogP contribution is 2.17. The molecule has 1 aromatic rings. The van der Waals surface area contributed by atoms with Crippen LogP contribution in [0.5, 0.6) is 5.75 Å². The van der Waals surface area contributed by atoms with Crippen LogP contribution in [0.2, 0.25) is 0 Å². The van der Waals surface area contributed by atoms with Crippen molar-refractivity contribution in [3.63, 3.8) is 0 Å². The van der Waals surface area contributed by atoms with Crippen molar-refractivity contribution in [1.82, 2.24) is 0 Å². The van der Waals surface area contributed by atoms with Gasteiger partial charge in [0.15, 0.2) is 0 Å². The zero-order valence-corrected chi connectivity index (χ0v) is 9.08. The number of benzene rings is 1. The second kappa shape index (κ2) is 4.40. The molecule has 0 bridgehead atoms. The molecule has 1 aliphatic rings. The monoisotopic (exact) mass is 220 g/mol. The largest absolute Gasteiger partial charge is 0.494 e. The van der Waals surface area contributed by atoms with Crippen LogP contribution in [0.15, 0.2) is 34.7 Å². The summed E-state index contributed by atoms with van der Waals surface area (Å²) in [6.07, 6.45) is 2.59. The molecule has 0 saturated heterocycles. The first-order chi connectivity index (χ1) is 7.31. The first-order valence-corrected chi connectivity index (χ1v) is 5.83. The van der Waals surface area contributed by atoms with Crippen LogP contribution < -0.4 is 4.74 Å². The van der Waals surface area contributed by atoms with Crippen LogP contribution in [0.1, 0.15) is 12.5 Å². The van der Waals surface area contributed by atoms with Gasteiger partial charge in [0.05, 0.1) is 6.61 Å². The van der Waals surface area contributed by atoms with E-state index >= 15 is 0 Å². The maximum Gasteiger partial charge on any atom is 0.118 e. The molecular weight excluding hydrogens is 210 g/mol. The molecule has 0 fully saturated rings. The van der Waals surface area contributed by atoms with E-state index in [2.05, 4.69) is 11.2 Å². The molecule has 0 N–H and O–H groups in total. The second-order valence-corrected chi connectivity index (χ2v) is 4.14. The topological polar surface area (TPSA) is 38.7 Å². The lowest BCUT2D eigenvalue weighted by atomic mass is 10.2. The Bertz CT molecular complexity index is 452. The first kappa shape index (κ1) is 10.1. The third-order valence-electron chi connectivity index (χ3n) is 1.91. The van der Waals surface area contributed by atoms with Crippen LogP contribution in [0.25, 0.3) is 0 Å². The van der Waals surface area contributed by atoms with Crippen molar-refractivity contribution < 1.29 is 8.95 Å². The highest BCUT2D eigenvalue weighted by atomic mass is 32.2. The Morgan fingerprint density at radius 1 is 1.53 bits per heavy atom. The molecule has 1 unspecified atom stereocenters. The molecule has 0 radical (unpaired) electrons. The normalized spacial score (nSPS) is 19.0. The van der Waals surface area contributed by atoms with Crippen molar-refractivity contribution in [2.45, 2.75) is 6.92 Å². The fourth-order valence-corrected chi connectivity index (χ4v) is 2.06. The van der Waals surface area contributed by atoms with Crippen molar-refractivity contribution in [3.8, 4) is 5.75 Å². The molecule has 3 nitrogen and oxygen atoms in total. The zero-order valence-electron chi connectivity index (χ0n) is 8.27. The summed E-state index contributed by atoms with van der Waals surface area (Å²) in [7, 11) is -1.17. The average Bonchev–Trinajstić information content (AvgIpc) is 2.65. The molecule has 1 aromatic carbocycles. The molecule has 2 rings (SSSR count). The predicted octanol–water partition coefficient (Wildman–Crippen LogP) is 1.87. The molecule has 1 atom stereocenters. The van der Waals surface area contributed by atoms with Gasteiger partial charge in [-0.15, -0.1) is 6.20 Å². The average molecular weight is 220 g/mol. The van der Waals surface area contributed by atoms with E-state index in [1.54, 1.807) is 0 Å². The molecule has 15 heavy (non-hydrogen) atoms. The third-order valence-corrected chi connectivity index (χ3v) is 2.94. The summed E-state index contributed by atoms with van der Waals surface area (Å²) in [6.45, 7) is 2.54. The van der Waals surface area contributed by atoms with E-state index in [1.165, 1.54) is 5.41 Å². The Morgan fingerprint density at radius 3 is 3.07 bits per heavy atom. The van der Waals surface area contributed by atoms with E-state index in [1.807, 2.05) is 31.2 Å². The van der Waals surface area contributed by atoms with Gasteiger partial charge in [0.1, 0.15) is 5.75 Å². The minimum Gasteiger partial charge on any atom is -0.494 e. The Balaban J connectivity index is 2.29. The molecular formula is C11H10NO2S-. The Morgan fingerprint density at radius 2 is 2.40 bits per heavy atom. The fourth-order valence-electron chi connectivity index (χ4n) is 1.30. The van der Waals surface area contributed by atoms with E-state index in [-0.39, 0.29) is 0 Å².